The van der Waals surface area contributed by atoms with Gasteiger partial charge in [0.25, 0.3) is 5.91 Å². The van der Waals surface area contributed by atoms with Crippen LogP contribution in [0.2, 0.25) is 0 Å². The van der Waals surface area contributed by atoms with Crippen molar-refractivity contribution in [1.82, 2.24) is 0 Å². The van der Waals surface area contributed by atoms with E-state index in [0.717, 1.165) is 38.4 Å². The Kier molecular flexibility index (Phi) is 6.15. The molecule has 8 nitrogen and oxygen atoms in total. The van der Waals surface area contributed by atoms with Gasteiger partial charge in [0, 0.05) is 17.3 Å². The van der Waals surface area contributed by atoms with Crippen molar-refractivity contribution in [3.05, 3.63) is 53.6 Å². The maximum Gasteiger partial charge on any atom is 0.338 e. The molecule has 0 unspecified atom stereocenters. The number of amides is 1. The molecule has 0 spiro atoms. The standard InChI is InChI=1S/C22H24N2O6/c1-15(21(25)23-18-6-7-19-20(12-18)29-14-28-19)30-22(26)17-4-2-16(3-5-17)13-24-8-10-27-11-9-24/h2-7,12,15H,8-11,13-14H2,1H3,(H,23,25)/p+1/t15-/m1/s1. The van der Waals surface area contributed by atoms with Crippen LogP contribution in [-0.4, -0.2) is 51.1 Å². The van der Waals surface area contributed by atoms with Crippen LogP contribution in [0.5, 0.6) is 11.5 Å². The second-order valence-electron chi connectivity index (χ2n) is 7.34. The Bertz CT molecular complexity index is 908. The summed E-state index contributed by atoms with van der Waals surface area (Å²) in [5.41, 5.74) is 2.11. The van der Waals surface area contributed by atoms with Crippen LogP contribution in [0, 0.1) is 0 Å². The van der Waals surface area contributed by atoms with Crippen LogP contribution in [0.1, 0.15) is 22.8 Å². The lowest BCUT2D eigenvalue weighted by Crippen LogP contribution is -3.12. The van der Waals surface area contributed by atoms with E-state index in [1.807, 2.05) is 12.1 Å². The molecule has 0 radical (unpaired) electrons. The Morgan fingerprint density at radius 3 is 2.57 bits per heavy atom. The van der Waals surface area contributed by atoms with Crippen molar-refractivity contribution in [2.75, 3.05) is 38.4 Å². The maximum absolute atomic E-state index is 12.4. The lowest BCUT2D eigenvalue weighted by atomic mass is 10.1. The zero-order valence-electron chi connectivity index (χ0n) is 16.8. The Balaban J connectivity index is 1.29. The van der Waals surface area contributed by atoms with E-state index in [1.54, 1.807) is 30.3 Å². The van der Waals surface area contributed by atoms with E-state index in [-0.39, 0.29) is 6.79 Å². The molecule has 30 heavy (non-hydrogen) atoms. The first-order chi connectivity index (χ1) is 14.6. The third-order valence-electron chi connectivity index (χ3n) is 5.14. The van der Waals surface area contributed by atoms with Crippen LogP contribution in [0.15, 0.2) is 42.5 Å². The zero-order chi connectivity index (χ0) is 20.9. The molecule has 8 heteroatoms. The van der Waals surface area contributed by atoms with Gasteiger partial charge in [0.15, 0.2) is 17.6 Å². The van der Waals surface area contributed by atoms with Gasteiger partial charge in [-0.25, -0.2) is 4.79 Å². The lowest BCUT2D eigenvalue weighted by Gasteiger charge is -2.23. The molecule has 2 N–H and O–H groups in total. The Labute approximate surface area is 174 Å². The van der Waals surface area contributed by atoms with E-state index >= 15 is 0 Å². The summed E-state index contributed by atoms with van der Waals surface area (Å²) >= 11 is 0. The van der Waals surface area contributed by atoms with Crippen LogP contribution in [-0.2, 0) is 20.8 Å². The van der Waals surface area contributed by atoms with E-state index < -0.39 is 18.0 Å². The second-order valence-corrected chi connectivity index (χ2v) is 7.34. The summed E-state index contributed by atoms with van der Waals surface area (Å²) in [4.78, 5) is 26.3. The van der Waals surface area contributed by atoms with E-state index in [0.29, 0.717) is 22.7 Å². The third kappa shape index (κ3) is 4.90. The van der Waals surface area contributed by atoms with Gasteiger partial charge in [0.1, 0.15) is 19.6 Å². The highest BCUT2D eigenvalue weighted by Crippen LogP contribution is 2.34. The molecule has 2 aliphatic heterocycles. The molecule has 1 atom stereocenters. The van der Waals surface area contributed by atoms with Crippen LogP contribution in [0.4, 0.5) is 5.69 Å². The summed E-state index contributed by atoms with van der Waals surface area (Å²) in [6.45, 7) is 6.13. The number of hydrogen-bond acceptors (Lipinski definition) is 6. The lowest BCUT2D eigenvalue weighted by molar-refractivity contribution is -0.921. The number of quaternary nitrogens is 1. The molecular formula is C22H25N2O6+. The van der Waals surface area contributed by atoms with Gasteiger partial charge in [-0.2, -0.15) is 0 Å². The largest absolute Gasteiger partial charge is 0.454 e. The van der Waals surface area contributed by atoms with Crippen molar-refractivity contribution in [3.63, 3.8) is 0 Å². The van der Waals surface area contributed by atoms with Crippen molar-refractivity contribution in [2.45, 2.75) is 19.6 Å². The number of carbonyl (C=O) groups excluding carboxylic acids is 2. The molecule has 158 valence electrons. The quantitative estimate of drug-likeness (QED) is 0.688. The number of anilines is 1. The normalized spacial score (nSPS) is 16.7. The van der Waals surface area contributed by atoms with Crippen LogP contribution >= 0.6 is 0 Å². The minimum Gasteiger partial charge on any atom is -0.454 e. The average molecular weight is 413 g/mol. The fourth-order valence-electron chi connectivity index (χ4n) is 3.38. The third-order valence-corrected chi connectivity index (χ3v) is 5.14. The summed E-state index contributed by atoms with van der Waals surface area (Å²) in [5.74, 6) is 0.242. The summed E-state index contributed by atoms with van der Waals surface area (Å²) in [6, 6.07) is 12.4. The van der Waals surface area contributed by atoms with Gasteiger partial charge < -0.3 is 29.2 Å². The molecule has 2 aromatic carbocycles. The Morgan fingerprint density at radius 1 is 1.07 bits per heavy atom. The second kappa shape index (κ2) is 9.15. The first-order valence-corrected chi connectivity index (χ1v) is 10.0. The van der Waals surface area contributed by atoms with E-state index in [9.17, 15) is 9.59 Å². The van der Waals surface area contributed by atoms with Crippen LogP contribution < -0.4 is 19.7 Å². The summed E-state index contributed by atoms with van der Waals surface area (Å²) < 4.78 is 21.2. The maximum atomic E-state index is 12.4. The molecule has 1 amide bonds. The smallest absolute Gasteiger partial charge is 0.338 e. The van der Waals surface area contributed by atoms with Gasteiger partial charge in [-0.05, 0) is 31.2 Å². The molecule has 4 rings (SSSR count). The summed E-state index contributed by atoms with van der Waals surface area (Å²) in [7, 11) is 0. The van der Waals surface area contributed by atoms with Crippen molar-refractivity contribution in [1.29, 1.82) is 0 Å². The zero-order valence-corrected chi connectivity index (χ0v) is 16.8. The summed E-state index contributed by atoms with van der Waals surface area (Å²) in [6.07, 6.45) is -0.944. The van der Waals surface area contributed by atoms with Gasteiger partial charge in [-0.3, -0.25) is 4.79 Å². The molecule has 0 aliphatic carbocycles. The molecular weight excluding hydrogens is 388 g/mol. The number of hydrogen-bond donors (Lipinski definition) is 2. The number of benzene rings is 2. The minimum absolute atomic E-state index is 0.160. The molecule has 1 saturated heterocycles. The molecule has 2 aromatic rings. The first kappa shape index (κ1) is 20.2. The predicted molar refractivity (Wildman–Crippen MR) is 108 cm³/mol. The highest BCUT2D eigenvalue weighted by atomic mass is 16.7. The highest BCUT2D eigenvalue weighted by molar-refractivity contribution is 5.97. The van der Waals surface area contributed by atoms with Gasteiger partial charge in [-0.15, -0.1) is 0 Å². The molecule has 2 heterocycles. The van der Waals surface area contributed by atoms with E-state index in [4.69, 9.17) is 18.9 Å². The Hall–Kier alpha value is -3.10. The fraction of sp³-hybridized carbons (Fsp3) is 0.364. The van der Waals surface area contributed by atoms with Crippen LogP contribution in [0.3, 0.4) is 0 Å². The number of ether oxygens (including phenoxy) is 4. The first-order valence-electron chi connectivity index (χ1n) is 10.0. The molecule has 2 aliphatic rings. The van der Waals surface area contributed by atoms with Gasteiger partial charge in [-0.1, -0.05) is 12.1 Å². The summed E-state index contributed by atoms with van der Waals surface area (Å²) in [5, 5.41) is 2.72. The predicted octanol–water partition coefficient (Wildman–Crippen LogP) is 1.01. The monoisotopic (exact) mass is 413 g/mol. The van der Waals surface area contributed by atoms with Gasteiger partial charge in [0.2, 0.25) is 6.79 Å². The van der Waals surface area contributed by atoms with Crippen molar-refractivity contribution >= 4 is 17.6 Å². The number of fused-ring (bicyclic) bond motifs is 1. The molecule has 0 aromatic heterocycles. The minimum atomic E-state index is -0.944. The highest BCUT2D eigenvalue weighted by Gasteiger charge is 2.21. The van der Waals surface area contributed by atoms with Crippen LogP contribution in [0.25, 0.3) is 0 Å². The topological polar surface area (TPSA) is 87.5 Å². The Morgan fingerprint density at radius 2 is 1.80 bits per heavy atom. The van der Waals surface area contributed by atoms with Crippen molar-refractivity contribution in [2.24, 2.45) is 0 Å². The SMILES string of the molecule is C[C@@H](OC(=O)c1ccc(C[NH+]2CCOCC2)cc1)C(=O)Nc1ccc2c(c1)OCO2. The fourth-order valence-corrected chi connectivity index (χ4v) is 3.38. The van der Waals surface area contributed by atoms with Crippen molar-refractivity contribution < 1.29 is 33.4 Å². The number of rotatable bonds is 6. The number of esters is 1. The number of nitrogens with one attached hydrogen (secondary N) is 2. The van der Waals surface area contributed by atoms with Gasteiger partial charge >= 0.3 is 5.97 Å². The van der Waals surface area contributed by atoms with E-state index in [1.165, 1.54) is 11.8 Å². The average Bonchev–Trinajstić information content (AvgIpc) is 3.23. The van der Waals surface area contributed by atoms with E-state index in [2.05, 4.69) is 5.32 Å². The number of carbonyl (C=O) groups is 2. The molecule has 1 fully saturated rings. The molecule has 0 saturated carbocycles. The van der Waals surface area contributed by atoms with Gasteiger partial charge in [0.05, 0.1) is 18.8 Å². The van der Waals surface area contributed by atoms with Crippen molar-refractivity contribution in [3.8, 4) is 11.5 Å². The number of morpholine rings is 1. The molecule has 0 bridgehead atoms.